The summed E-state index contributed by atoms with van der Waals surface area (Å²) in [6.07, 6.45) is 5.24. The number of allylic oxidation sites excluding steroid dienone is 3. The van der Waals surface area contributed by atoms with Crippen LogP contribution >= 0.6 is 23.1 Å². The number of nitriles is 1. The van der Waals surface area contributed by atoms with Crippen molar-refractivity contribution in [2.24, 2.45) is 5.73 Å². The Morgan fingerprint density at radius 3 is 2.79 bits per heavy atom. The highest BCUT2D eigenvalue weighted by atomic mass is 32.2. The molecule has 164 valence electrons. The highest BCUT2D eigenvalue weighted by Gasteiger charge is 2.41. The van der Waals surface area contributed by atoms with Gasteiger partial charge in [0.15, 0.2) is 10.1 Å². The Labute approximate surface area is 199 Å². The van der Waals surface area contributed by atoms with E-state index in [1.807, 2.05) is 24.3 Å². The molecule has 0 radical (unpaired) electrons. The summed E-state index contributed by atoms with van der Waals surface area (Å²) in [6.45, 7) is 0. The molecule has 2 aliphatic rings. The predicted octanol–water partition coefficient (Wildman–Crippen LogP) is 4.53. The number of nitrogens with two attached hydrogens (primary N) is 1. The first kappa shape index (κ1) is 21.4. The lowest BCUT2D eigenvalue weighted by molar-refractivity contribution is -0.116. The Hall–Kier alpha value is -3.48. The molecule has 2 N–H and O–H groups in total. The van der Waals surface area contributed by atoms with Crippen molar-refractivity contribution in [3.8, 4) is 6.07 Å². The summed E-state index contributed by atoms with van der Waals surface area (Å²) in [7, 11) is 0. The van der Waals surface area contributed by atoms with Gasteiger partial charge in [0.1, 0.15) is 5.82 Å². The molecule has 3 aromatic rings. The van der Waals surface area contributed by atoms with E-state index in [-0.39, 0.29) is 5.78 Å². The molecular weight excluding hydrogens is 452 g/mol. The minimum absolute atomic E-state index is 0.0403. The van der Waals surface area contributed by atoms with Gasteiger partial charge in [-0.2, -0.15) is 5.26 Å². The fraction of sp³-hybridized carbons (Fsp3) is 0.208. The van der Waals surface area contributed by atoms with Crippen molar-refractivity contribution in [2.45, 2.75) is 35.3 Å². The summed E-state index contributed by atoms with van der Waals surface area (Å²) >= 11 is 3.01. The van der Waals surface area contributed by atoms with E-state index in [2.05, 4.69) is 33.4 Å². The molecule has 0 saturated heterocycles. The van der Waals surface area contributed by atoms with Crippen molar-refractivity contribution in [1.82, 2.24) is 15.2 Å². The molecule has 33 heavy (non-hydrogen) atoms. The van der Waals surface area contributed by atoms with E-state index in [0.717, 1.165) is 27.8 Å². The first-order valence-corrected chi connectivity index (χ1v) is 12.3. The summed E-state index contributed by atoms with van der Waals surface area (Å²) in [5.41, 5.74) is 10.3. The molecule has 0 fully saturated rings. The van der Waals surface area contributed by atoms with Crippen LogP contribution in [-0.2, 0) is 10.5 Å². The molecule has 0 spiro atoms. The summed E-state index contributed by atoms with van der Waals surface area (Å²) in [4.78, 5) is 19.1. The Bertz CT molecular complexity index is 1290. The molecule has 5 rings (SSSR count). The smallest absolute Gasteiger partial charge is 0.219 e. The number of carbonyl (C=O) groups excluding carboxylic acids is 1. The van der Waals surface area contributed by atoms with Crippen molar-refractivity contribution in [3.63, 3.8) is 0 Å². The standard InChI is InChI=1S/C24H20N6OS2/c25-12-17-20(16-8-5-11-27-13-16)21-18(9-4-10-19(21)31)30(22(17)26)23-28-29-24(33-23)32-14-15-6-2-1-3-7-15/h1-3,5-8,11,13,20H,4,9-10,14,26H2. The third-order valence-corrected chi connectivity index (χ3v) is 7.84. The second-order valence-electron chi connectivity index (χ2n) is 7.73. The third-order valence-electron chi connectivity index (χ3n) is 5.72. The summed E-state index contributed by atoms with van der Waals surface area (Å²) in [5, 5.41) is 19.3. The van der Waals surface area contributed by atoms with E-state index < -0.39 is 5.92 Å². The number of hydrogen-bond acceptors (Lipinski definition) is 9. The largest absolute Gasteiger partial charge is 0.384 e. The van der Waals surface area contributed by atoms with Crippen molar-refractivity contribution < 1.29 is 4.79 Å². The lowest BCUT2D eigenvalue weighted by Crippen LogP contribution is -2.38. The number of nitrogens with zero attached hydrogens (tertiary/aromatic N) is 5. The van der Waals surface area contributed by atoms with Gasteiger partial charge in [-0.15, -0.1) is 10.2 Å². The van der Waals surface area contributed by atoms with E-state index in [9.17, 15) is 10.1 Å². The number of hydrogen-bond donors (Lipinski definition) is 1. The topological polar surface area (TPSA) is 109 Å². The van der Waals surface area contributed by atoms with Gasteiger partial charge in [-0.3, -0.25) is 14.7 Å². The molecule has 0 bridgehead atoms. The molecule has 1 aromatic carbocycles. The maximum absolute atomic E-state index is 13.1. The van der Waals surface area contributed by atoms with Crippen molar-refractivity contribution in [1.29, 1.82) is 5.26 Å². The van der Waals surface area contributed by atoms with Gasteiger partial charge in [-0.05, 0) is 30.0 Å². The van der Waals surface area contributed by atoms with Crippen LogP contribution in [0.1, 0.15) is 36.3 Å². The summed E-state index contributed by atoms with van der Waals surface area (Å²) in [6, 6.07) is 16.1. The van der Waals surface area contributed by atoms with Crippen molar-refractivity contribution >= 4 is 34.0 Å². The van der Waals surface area contributed by atoms with E-state index in [1.54, 1.807) is 35.1 Å². The van der Waals surface area contributed by atoms with Crippen LogP contribution in [0.4, 0.5) is 5.13 Å². The van der Waals surface area contributed by atoms with Crippen LogP contribution in [0.3, 0.4) is 0 Å². The highest BCUT2D eigenvalue weighted by Crippen LogP contribution is 2.47. The van der Waals surface area contributed by atoms with Gasteiger partial charge in [0.2, 0.25) is 5.13 Å². The number of anilines is 1. The molecule has 0 saturated carbocycles. The van der Waals surface area contributed by atoms with E-state index in [4.69, 9.17) is 5.73 Å². The Kier molecular flexibility index (Phi) is 5.94. The van der Waals surface area contributed by atoms with Gasteiger partial charge in [0.05, 0.1) is 17.6 Å². The number of rotatable bonds is 5. The lowest BCUT2D eigenvalue weighted by Gasteiger charge is -2.37. The van der Waals surface area contributed by atoms with Gasteiger partial charge >= 0.3 is 0 Å². The van der Waals surface area contributed by atoms with E-state index >= 15 is 0 Å². The van der Waals surface area contributed by atoms with Gasteiger partial charge < -0.3 is 5.73 Å². The van der Waals surface area contributed by atoms with Crippen molar-refractivity contribution in [3.05, 3.63) is 88.6 Å². The molecule has 1 aliphatic heterocycles. The minimum atomic E-state index is -0.511. The third kappa shape index (κ3) is 4.03. The summed E-state index contributed by atoms with van der Waals surface area (Å²) < 4.78 is 0.804. The zero-order valence-electron chi connectivity index (χ0n) is 17.6. The first-order valence-electron chi connectivity index (χ1n) is 10.5. The Morgan fingerprint density at radius 1 is 1.18 bits per heavy atom. The van der Waals surface area contributed by atoms with Gasteiger partial charge in [-0.25, -0.2) is 0 Å². The van der Waals surface area contributed by atoms with Crippen LogP contribution < -0.4 is 10.6 Å². The van der Waals surface area contributed by atoms with Gasteiger partial charge in [-0.1, -0.05) is 59.5 Å². The molecule has 1 atom stereocenters. The number of ketones is 1. The second kappa shape index (κ2) is 9.17. The maximum atomic E-state index is 13.1. The number of pyridine rings is 1. The SMILES string of the molecule is N#CC1=C(N)N(c2nnc(SCc3ccccc3)s2)C2=C(C(=O)CCC2)C1c1cccnc1. The summed E-state index contributed by atoms with van der Waals surface area (Å²) in [5.74, 6) is 0.608. The van der Waals surface area contributed by atoms with Gasteiger partial charge in [0, 0.05) is 35.8 Å². The number of carbonyl (C=O) groups is 1. The maximum Gasteiger partial charge on any atom is 0.219 e. The average Bonchev–Trinajstić information content (AvgIpc) is 3.32. The number of thioether (sulfide) groups is 1. The fourth-order valence-electron chi connectivity index (χ4n) is 4.26. The Morgan fingerprint density at radius 2 is 2.03 bits per heavy atom. The van der Waals surface area contributed by atoms with Gasteiger partial charge in [0.25, 0.3) is 0 Å². The van der Waals surface area contributed by atoms with Crippen LogP contribution in [0.2, 0.25) is 0 Å². The molecule has 1 aliphatic carbocycles. The molecule has 0 amide bonds. The fourth-order valence-corrected chi connectivity index (χ4v) is 6.09. The monoisotopic (exact) mass is 472 g/mol. The molecule has 3 heterocycles. The van der Waals surface area contributed by atoms with Crippen LogP contribution in [0.25, 0.3) is 0 Å². The normalized spacial score (nSPS) is 18.3. The second-order valence-corrected chi connectivity index (χ2v) is 9.91. The molecule has 1 unspecified atom stereocenters. The van der Waals surface area contributed by atoms with E-state index in [1.165, 1.54) is 16.9 Å². The van der Waals surface area contributed by atoms with Crippen molar-refractivity contribution in [2.75, 3.05) is 4.90 Å². The van der Waals surface area contributed by atoms with Crippen LogP contribution in [-0.4, -0.2) is 21.0 Å². The molecule has 7 nitrogen and oxygen atoms in total. The lowest BCUT2D eigenvalue weighted by atomic mass is 9.76. The zero-order valence-corrected chi connectivity index (χ0v) is 19.3. The van der Waals surface area contributed by atoms with E-state index in [0.29, 0.717) is 34.9 Å². The Balaban J connectivity index is 1.53. The predicted molar refractivity (Wildman–Crippen MR) is 128 cm³/mol. The number of benzene rings is 1. The first-order chi connectivity index (χ1) is 16.2. The minimum Gasteiger partial charge on any atom is -0.384 e. The molecule has 9 heteroatoms. The van der Waals surface area contributed by atoms with Crippen LogP contribution in [0.15, 0.2) is 81.9 Å². The van der Waals surface area contributed by atoms with Crippen LogP contribution in [0, 0.1) is 11.3 Å². The zero-order chi connectivity index (χ0) is 22.8. The molecular formula is C24H20N6OS2. The number of Topliss-reactive ketones (excluding diaryl/α,β-unsaturated/α-hetero) is 1. The van der Waals surface area contributed by atoms with Crippen LogP contribution in [0.5, 0.6) is 0 Å². The number of aromatic nitrogens is 3. The molecule has 2 aromatic heterocycles. The average molecular weight is 473 g/mol. The highest BCUT2D eigenvalue weighted by molar-refractivity contribution is 8.00. The quantitative estimate of drug-likeness (QED) is 0.540.